The van der Waals surface area contributed by atoms with Crippen molar-refractivity contribution >= 4 is 17.5 Å². The Morgan fingerprint density at radius 2 is 2.11 bits per heavy atom. The van der Waals surface area contributed by atoms with E-state index in [1.165, 1.54) is 12.8 Å². The molecule has 27 heavy (non-hydrogen) atoms. The Hall–Kier alpha value is -2.50. The van der Waals surface area contributed by atoms with Gasteiger partial charge in [0.15, 0.2) is 5.82 Å². The van der Waals surface area contributed by atoms with E-state index in [-0.39, 0.29) is 17.5 Å². The Morgan fingerprint density at radius 3 is 2.89 bits per heavy atom. The highest BCUT2D eigenvalue weighted by Gasteiger charge is 2.35. The lowest BCUT2D eigenvalue weighted by Crippen LogP contribution is -2.38. The van der Waals surface area contributed by atoms with Crippen molar-refractivity contribution in [3.63, 3.8) is 0 Å². The van der Waals surface area contributed by atoms with Crippen LogP contribution in [0.1, 0.15) is 56.2 Å². The molecule has 6 heteroatoms. The molecule has 1 unspecified atom stereocenters. The normalized spacial score (nSPS) is 21.0. The number of aryl methyl sites for hydroxylation is 1. The third-order valence-electron chi connectivity index (χ3n) is 5.48. The van der Waals surface area contributed by atoms with Gasteiger partial charge in [0.1, 0.15) is 11.5 Å². The molecule has 2 amide bonds. The molecule has 2 aliphatic rings. The highest BCUT2D eigenvalue weighted by Crippen LogP contribution is 2.42. The summed E-state index contributed by atoms with van der Waals surface area (Å²) >= 11 is 0. The molecule has 1 atom stereocenters. The van der Waals surface area contributed by atoms with Crippen LogP contribution in [0.3, 0.4) is 0 Å². The number of fused-ring (bicyclic) bond motifs is 1. The minimum Gasteiger partial charge on any atom is -0.466 e. The van der Waals surface area contributed by atoms with Gasteiger partial charge in [0.25, 0.3) is 0 Å². The lowest BCUT2D eigenvalue weighted by molar-refractivity contribution is 0.222. The molecule has 1 aliphatic heterocycles. The van der Waals surface area contributed by atoms with Gasteiger partial charge in [-0.05, 0) is 49.8 Å². The summed E-state index contributed by atoms with van der Waals surface area (Å²) in [6.45, 7) is 8.37. The van der Waals surface area contributed by atoms with Crippen LogP contribution in [0.4, 0.5) is 16.3 Å². The third kappa shape index (κ3) is 3.80. The van der Waals surface area contributed by atoms with E-state index in [0.29, 0.717) is 0 Å². The minimum atomic E-state index is -0.198. The van der Waals surface area contributed by atoms with Crippen molar-refractivity contribution in [3.8, 4) is 0 Å². The smallest absolute Gasteiger partial charge is 0.319 e. The molecule has 2 N–H and O–H groups in total. The van der Waals surface area contributed by atoms with Crippen molar-refractivity contribution in [1.29, 1.82) is 0 Å². The SMILES string of the molecule is Cc1cc2c(o1)CC(C)(C)CC2NC(=O)Nc1cccnc1N1CCCC1. The van der Waals surface area contributed by atoms with Crippen LogP contribution >= 0.6 is 0 Å². The number of hydrogen-bond donors (Lipinski definition) is 2. The average Bonchev–Trinajstić information content (AvgIpc) is 3.23. The first-order valence-electron chi connectivity index (χ1n) is 9.78. The van der Waals surface area contributed by atoms with E-state index in [1.54, 1.807) is 6.20 Å². The van der Waals surface area contributed by atoms with Crippen LogP contribution in [-0.4, -0.2) is 24.1 Å². The number of hydrogen-bond acceptors (Lipinski definition) is 4. The lowest BCUT2D eigenvalue weighted by Gasteiger charge is -2.34. The van der Waals surface area contributed by atoms with E-state index in [9.17, 15) is 4.79 Å². The van der Waals surface area contributed by atoms with Crippen LogP contribution in [-0.2, 0) is 6.42 Å². The standard InChI is InChI=1S/C21H28N4O2/c1-14-11-15-17(12-21(2,3)13-18(15)27-14)24-20(26)23-16-7-6-8-22-19(16)25-9-4-5-10-25/h6-8,11,17H,4-5,9-10,12-13H2,1-3H3,(H2,23,24,26). The molecule has 0 bridgehead atoms. The molecule has 1 saturated heterocycles. The van der Waals surface area contributed by atoms with Crippen molar-refractivity contribution in [1.82, 2.24) is 10.3 Å². The van der Waals surface area contributed by atoms with Gasteiger partial charge >= 0.3 is 6.03 Å². The quantitative estimate of drug-likeness (QED) is 0.841. The molecular formula is C21H28N4O2. The fourth-order valence-electron chi connectivity index (χ4n) is 4.31. The zero-order chi connectivity index (χ0) is 19.0. The van der Waals surface area contributed by atoms with Gasteiger partial charge in [-0.2, -0.15) is 0 Å². The molecule has 1 fully saturated rings. The average molecular weight is 368 g/mol. The molecule has 0 aromatic carbocycles. The zero-order valence-electron chi connectivity index (χ0n) is 16.3. The van der Waals surface area contributed by atoms with Crippen LogP contribution in [0, 0.1) is 12.3 Å². The summed E-state index contributed by atoms with van der Waals surface area (Å²) < 4.78 is 5.87. The number of nitrogens with one attached hydrogen (secondary N) is 2. The maximum absolute atomic E-state index is 12.8. The molecule has 0 spiro atoms. The first-order chi connectivity index (χ1) is 12.9. The Balaban J connectivity index is 1.50. The predicted octanol–water partition coefficient (Wildman–Crippen LogP) is 4.42. The van der Waals surface area contributed by atoms with Crippen molar-refractivity contribution in [2.75, 3.05) is 23.3 Å². The van der Waals surface area contributed by atoms with Gasteiger partial charge in [0.2, 0.25) is 0 Å². The monoisotopic (exact) mass is 368 g/mol. The number of furan rings is 1. The van der Waals surface area contributed by atoms with Crippen molar-refractivity contribution in [3.05, 3.63) is 41.5 Å². The second kappa shape index (κ2) is 6.91. The molecule has 2 aromatic rings. The number of rotatable bonds is 3. The molecular weight excluding hydrogens is 340 g/mol. The second-order valence-electron chi connectivity index (χ2n) is 8.50. The summed E-state index contributed by atoms with van der Waals surface area (Å²) in [6, 6.07) is 5.58. The number of carbonyl (C=O) groups is 1. The number of urea groups is 1. The van der Waals surface area contributed by atoms with E-state index >= 15 is 0 Å². The summed E-state index contributed by atoms with van der Waals surface area (Å²) in [5.41, 5.74) is 1.95. The van der Waals surface area contributed by atoms with Crippen LogP contribution in [0.5, 0.6) is 0 Å². The first-order valence-corrected chi connectivity index (χ1v) is 9.78. The molecule has 6 nitrogen and oxygen atoms in total. The summed E-state index contributed by atoms with van der Waals surface area (Å²) in [7, 11) is 0. The molecule has 4 rings (SSSR count). The maximum Gasteiger partial charge on any atom is 0.319 e. The van der Waals surface area contributed by atoms with Gasteiger partial charge in [-0.1, -0.05) is 13.8 Å². The van der Waals surface area contributed by atoms with E-state index in [0.717, 1.165) is 54.5 Å². The van der Waals surface area contributed by atoms with E-state index < -0.39 is 0 Å². The number of aromatic nitrogens is 1. The van der Waals surface area contributed by atoms with Gasteiger partial charge in [0.05, 0.1) is 11.7 Å². The largest absolute Gasteiger partial charge is 0.466 e. The number of anilines is 2. The van der Waals surface area contributed by atoms with Gasteiger partial charge in [0, 0.05) is 31.3 Å². The van der Waals surface area contributed by atoms with Gasteiger partial charge < -0.3 is 20.0 Å². The highest BCUT2D eigenvalue weighted by atomic mass is 16.3. The summed E-state index contributed by atoms with van der Waals surface area (Å²) in [6.07, 6.45) is 5.90. The molecule has 0 radical (unpaired) electrons. The second-order valence-corrected chi connectivity index (χ2v) is 8.50. The van der Waals surface area contributed by atoms with Crippen LogP contribution in [0.2, 0.25) is 0 Å². The molecule has 3 heterocycles. The van der Waals surface area contributed by atoms with Crippen molar-refractivity contribution in [2.45, 2.75) is 52.5 Å². The van der Waals surface area contributed by atoms with Crippen molar-refractivity contribution < 1.29 is 9.21 Å². The summed E-state index contributed by atoms with van der Waals surface area (Å²) in [4.78, 5) is 19.5. The Morgan fingerprint density at radius 1 is 1.33 bits per heavy atom. The van der Waals surface area contributed by atoms with Gasteiger partial charge in [-0.3, -0.25) is 0 Å². The predicted molar refractivity (Wildman–Crippen MR) is 106 cm³/mol. The Labute approximate surface area is 160 Å². The van der Waals surface area contributed by atoms with E-state index in [4.69, 9.17) is 4.42 Å². The number of nitrogens with zero attached hydrogens (tertiary/aromatic N) is 2. The number of carbonyl (C=O) groups excluding carboxylic acids is 1. The topological polar surface area (TPSA) is 70.4 Å². The zero-order valence-corrected chi connectivity index (χ0v) is 16.3. The van der Waals surface area contributed by atoms with Crippen LogP contribution < -0.4 is 15.5 Å². The lowest BCUT2D eigenvalue weighted by atomic mass is 9.75. The maximum atomic E-state index is 12.8. The first kappa shape index (κ1) is 17.9. The molecule has 1 aliphatic carbocycles. The van der Waals surface area contributed by atoms with Crippen LogP contribution in [0.15, 0.2) is 28.8 Å². The summed E-state index contributed by atoms with van der Waals surface area (Å²) in [5.74, 6) is 2.75. The molecule has 2 aromatic heterocycles. The van der Waals surface area contributed by atoms with Gasteiger partial charge in [-0.15, -0.1) is 0 Å². The number of amides is 2. The van der Waals surface area contributed by atoms with Gasteiger partial charge in [-0.25, -0.2) is 9.78 Å². The van der Waals surface area contributed by atoms with Crippen molar-refractivity contribution in [2.24, 2.45) is 5.41 Å². The highest BCUT2D eigenvalue weighted by molar-refractivity contribution is 5.92. The van der Waals surface area contributed by atoms with E-state index in [1.807, 2.05) is 19.1 Å². The van der Waals surface area contributed by atoms with Crippen LogP contribution in [0.25, 0.3) is 0 Å². The molecule has 0 saturated carbocycles. The number of pyridine rings is 1. The Kier molecular flexibility index (Phi) is 4.58. The fraction of sp³-hybridized carbons (Fsp3) is 0.524. The minimum absolute atomic E-state index is 0.0480. The fourth-order valence-corrected chi connectivity index (χ4v) is 4.31. The van der Waals surface area contributed by atoms with E-state index in [2.05, 4.69) is 40.4 Å². The molecule has 144 valence electrons. The summed E-state index contributed by atoms with van der Waals surface area (Å²) in [5, 5.41) is 6.17. The Bertz CT molecular complexity index is 836. The third-order valence-corrected chi connectivity index (χ3v) is 5.48.